The number of carbonyl (C=O) groups is 2. The first-order valence-corrected chi connectivity index (χ1v) is 5.37. The van der Waals surface area contributed by atoms with Crippen molar-refractivity contribution in [1.82, 2.24) is 5.48 Å². The third-order valence-corrected chi connectivity index (χ3v) is 2.65. The summed E-state index contributed by atoms with van der Waals surface area (Å²) >= 11 is 0. The highest BCUT2D eigenvalue weighted by molar-refractivity contribution is 5.76. The summed E-state index contributed by atoms with van der Waals surface area (Å²) < 4.78 is 0. The number of carbonyl (C=O) groups excluding carboxylic acids is 2. The lowest BCUT2D eigenvalue weighted by atomic mass is 10.0. The van der Waals surface area contributed by atoms with E-state index in [0.29, 0.717) is 12.3 Å². The van der Waals surface area contributed by atoms with Crippen LogP contribution in [0.2, 0.25) is 0 Å². The van der Waals surface area contributed by atoms with Gasteiger partial charge in [0.25, 0.3) is 0 Å². The maximum atomic E-state index is 11.2. The number of rotatable bonds is 6. The van der Waals surface area contributed by atoms with E-state index in [4.69, 9.17) is 5.73 Å². The van der Waals surface area contributed by atoms with Crippen molar-refractivity contribution in [1.29, 1.82) is 0 Å². The van der Waals surface area contributed by atoms with Crippen molar-refractivity contribution in [2.75, 3.05) is 6.61 Å². The Labute approximate surface area is 89.3 Å². The second-order valence-corrected chi connectivity index (χ2v) is 3.97. The van der Waals surface area contributed by atoms with Crippen molar-refractivity contribution in [3.63, 3.8) is 0 Å². The van der Waals surface area contributed by atoms with Crippen LogP contribution in [-0.4, -0.2) is 18.4 Å². The largest absolute Gasteiger partial charge is 0.368 e. The van der Waals surface area contributed by atoms with Crippen molar-refractivity contribution < 1.29 is 14.4 Å². The molecule has 1 fully saturated rings. The molecule has 5 heteroatoms. The van der Waals surface area contributed by atoms with Gasteiger partial charge in [0.05, 0.1) is 0 Å². The number of nitrogens with two attached hydrogens (primary N) is 1. The number of nitrogens with one attached hydrogen (secondary N) is 1. The zero-order chi connectivity index (χ0) is 11.1. The van der Waals surface area contributed by atoms with Crippen LogP contribution in [0.4, 0.5) is 0 Å². The third-order valence-electron chi connectivity index (χ3n) is 2.65. The van der Waals surface area contributed by atoms with Gasteiger partial charge in [-0.1, -0.05) is 25.7 Å². The van der Waals surface area contributed by atoms with Gasteiger partial charge in [-0.25, -0.2) is 5.48 Å². The quantitative estimate of drug-likeness (QED) is 0.631. The highest BCUT2D eigenvalue weighted by Gasteiger charge is 2.16. The summed E-state index contributed by atoms with van der Waals surface area (Å²) in [7, 11) is 0. The molecular formula is C10H18N2O3. The zero-order valence-corrected chi connectivity index (χ0v) is 8.83. The smallest absolute Gasteiger partial charge is 0.246 e. The van der Waals surface area contributed by atoms with E-state index in [0.717, 1.165) is 6.42 Å². The summed E-state index contributed by atoms with van der Waals surface area (Å²) in [6, 6.07) is 0. The Bertz CT molecular complexity index is 225. The van der Waals surface area contributed by atoms with Gasteiger partial charge in [-0.15, -0.1) is 0 Å². The van der Waals surface area contributed by atoms with E-state index in [-0.39, 0.29) is 12.5 Å². The van der Waals surface area contributed by atoms with Crippen molar-refractivity contribution >= 4 is 11.8 Å². The molecule has 1 aliphatic rings. The fraction of sp³-hybridized carbons (Fsp3) is 0.800. The third kappa shape index (κ3) is 5.37. The van der Waals surface area contributed by atoms with Gasteiger partial charge in [-0.3, -0.25) is 14.4 Å². The molecule has 0 heterocycles. The monoisotopic (exact) mass is 214 g/mol. The minimum atomic E-state index is -0.592. The molecule has 0 aromatic rings. The molecule has 0 spiro atoms. The molecule has 0 aliphatic heterocycles. The van der Waals surface area contributed by atoms with Crippen LogP contribution in [0.3, 0.4) is 0 Å². The molecule has 1 aliphatic carbocycles. The fourth-order valence-corrected chi connectivity index (χ4v) is 1.87. The lowest BCUT2D eigenvalue weighted by Gasteiger charge is -2.08. The number of hydroxylamine groups is 1. The Morgan fingerprint density at radius 2 is 2.00 bits per heavy atom. The van der Waals surface area contributed by atoms with Crippen LogP contribution in [-0.2, 0) is 14.4 Å². The normalized spacial score (nSPS) is 16.5. The zero-order valence-electron chi connectivity index (χ0n) is 8.83. The summed E-state index contributed by atoms with van der Waals surface area (Å²) in [5.41, 5.74) is 7.04. The summed E-state index contributed by atoms with van der Waals surface area (Å²) in [5, 5.41) is 0. The summed E-state index contributed by atoms with van der Waals surface area (Å²) in [6.45, 7) is -0.269. The molecule has 15 heavy (non-hydrogen) atoms. The molecule has 3 N–H and O–H groups in total. The van der Waals surface area contributed by atoms with E-state index in [1.54, 1.807) is 0 Å². The lowest BCUT2D eigenvalue weighted by Crippen LogP contribution is -2.29. The van der Waals surface area contributed by atoms with Crippen LogP contribution in [0.1, 0.15) is 38.5 Å². The maximum Gasteiger partial charge on any atom is 0.246 e. The van der Waals surface area contributed by atoms with Gasteiger partial charge < -0.3 is 5.73 Å². The van der Waals surface area contributed by atoms with Crippen LogP contribution in [0.5, 0.6) is 0 Å². The standard InChI is InChI=1S/C10H18N2O3/c11-9(13)7-15-12-10(14)6-5-8-3-1-2-4-8/h8H,1-7H2,(H2,11,13)(H,12,14). The van der Waals surface area contributed by atoms with Gasteiger partial charge >= 0.3 is 0 Å². The SMILES string of the molecule is NC(=O)CONC(=O)CCC1CCCC1. The Morgan fingerprint density at radius 1 is 1.33 bits per heavy atom. The van der Waals surface area contributed by atoms with E-state index >= 15 is 0 Å². The molecule has 0 aromatic heterocycles. The van der Waals surface area contributed by atoms with Crippen molar-refractivity contribution in [2.45, 2.75) is 38.5 Å². The highest BCUT2D eigenvalue weighted by Crippen LogP contribution is 2.28. The lowest BCUT2D eigenvalue weighted by molar-refractivity contribution is -0.138. The molecule has 0 atom stereocenters. The Kier molecular flexibility index (Phi) is 5.10. The summed E-state index contributed by atoms with van der Waals surface area (Å²) in [6.07, 6.45) is 6.40. The molecule has 0 unspecified atom stereocenters. The van der Waals surface area contributed by atoms with Gasteiger partial charge in [-0.2, -0.15) is 0 Å². The van der Waals surface area contributed by atoms with E-state index < -0.39 is 5.91 Å². The number of amides is 2. The highest BCUT2D eigenvalue weighted by atomic mass is 16.7. The minimum absolute atomic E-state index is 0.178. The van der Waals surface area contributed by atoms with Crippen LogP contribution < -0.4 is 11.2 Å². The Hall–Kier alpha value is -1.10. The number of primary amides is 1. The van der Waals surface area contributed by atoms with Gasteiger partial charge in [0, 0.05) is 6.42 Å². The average molecular weight is 214 g/mol. The van der Waals surface area contributed by atoms with Crippen molar-refractivity contribution in [3.05, 3.63) is 0 Å². The second kappa shape index (κ2) is 6.40. The molecule has 1 rings (SSSR count). The maximum absolute atomic E-state index is 11.2. The first-order valence-electron chi connectivity index (χ1n) is 5.37. The Balaban J connectivity index is 2.00. The molecule has 0 bridgehead atoms. The number of hydrogen-bond donors (Lipinski definition) is 2. The van der Waals surface area contributed by atoms with Gasteiger partial charge in [-0.05, 0) is 12.3 Å². The Morgan fingerprint density at radius 3 is 2.60 bits per heavy atom. The molecule has 5 nitrogen and oxygen atoms in total. The summed E-state index contributed by atoms with van der Waals surface area (Å²) in [4.78, 5) is 26.1. The molecule has 1 saturated carbocycles. The van der Waals surface area contributed by atoms with Crippen molar-refractivity contribution in [2.24, 2.45) is 11.7 Å². The van der Waals surface area contributed by atoms with Gasteiger partial charge in [0.2, 0.25) is 11.8 Å². The fourth-order valence-electron chi connectivity index (χ4n) is 1.87. The average Bonchev–Trinajstić information content (AvgIpc) is 2.66. The molecule has 0 saturated heterocycles. The van der Waals surface area contributed by atoms with Crippen LogP contribution in [0.15, 0.2) is 0 Å². The van der Waals surface area contributed by atoms with Gasteiger partial charge in [0.1, 0.15) is 0 Å². The van der Waals surface area contributed by atoms with E-state index in [2.05, 4.69) is 10.3 Å². The van der Waals surface area contributed by atoms with Crippen LogP contribution in [0.25, 0.3) is 0 Å². The first-order chi connectivity index (χ1) is 7.18. The van der Waals surface area contributed by atoms with Crippen LogP contribution in [0, 0.1) is 5.92 Å². The summed E-state index contributed by atoms with van der Waals surface area (Å²) in [5.74, 6) is -0.0823. The van der Waals surface area contributed by atoms with E-state index in [1.807, 2.05) is 0 Å². The molecule has 2 amide bonds. The van der Waals surface area contributed by atoms with Crippen LogP contribution >= 0.6 is 0 Å². The molecule has 86 valence electrons. The molecular weight excluding hydrogens is 196 g/mol. The topological polar surface area (TPSA) is 81.4 Å². The van der Waals surface area contributed by atoms with Crippen molar-refractivity contribution in [3.8, 4) is 0 Å². The second-order valence-electron chi connectivity index (χ2n) is 3.97. The van der Waals surface area contributed by atoms with E-state index in [9.17, 15) is 9.59 Å². The predicted molar refractivity (Wildman–Crippen MR) is 54.5 cm³/mol. The molecule has 0 radical (unpaired) electrons. The van der Waals surface area contributed by atoms with E-state index in [1.165, 1.54) is 25.7 Å². The molecule has 0 aromatic carbocycles. The number of hydrogen-bond acceptors (Lipinski definition) is 3. The first kappa shape index (κ1) is 12.0. The predicted octanol–water partition coefficient (Wildman–Crippen LogP) is 0.490. The minimum Gasteiger partial charge on any atom is -0.368 e. The van der Waals surface area contributed by atoms with Gasteiger partial charge in [0.15, 0.2) is 6.61 Å².